The Morgan fingerprint density at radius 3 is 0.976 bits per heavy atom. The van der Waals surface area contributed by atoms with Gasteiger partial charge in [-0.3, -0.25) is 37.3 Å². The zero-order chi connectivity index (χ0) is 62.2. The number of hydrogen-bond donors (Lipinski definition) is 3. The maximum atomic E-state index is 13.0. The van der Waals surface area contributed by atoms with Gasteiger partial charge in [0.2, 0.25) is 0 Å². The Labute approximate surface area is 510 Å². The number of carbonyl (C=O) groups excluding carboxylic acids is 4. The summed E-state index contributed by atoms with van der Waals surface area (Å²) in [6, 6.07) is 0. The number of esters is 4. The van der Waals surface area contributed by atoms with Crippen LogP contribution in [0.1, 0.15) is 298 Å². The summed E-state index contributed by atoms with van der Waals surface area (Å²) in [6.07, 6.45) is 42.7. The molecule has 0 aliphatic heterocycles. The number of carbonyl (C=O) groups is 4. The molecule has 2 unspecified atom stereocenters. The van der Waals surface area contributed by atoms with Crippen LogP contribution in [-0.2, 0) is 65.4 Å². The summed E-state index contributed by atoms with van der Waals surface area (Å²) < 4.78 is 67.9. The zero-order valence-corrected chi connectivity index (χ0v) is 55.5. The molecule has 0 aromatic carbocycles. The molecule has 0 fully saturated rings. The van der Waals surface area contributed by atoms with E-state index in [9.17, 15) is 43.2 Å². The molecule has 84 heavy (non-hydrogen) atoms. The third kappa shape index (κ3) is 58.6. The van der Waals surface area contributed by atoms with Crippen molar-refractivity contribution in [3.05, 3.63) is 24.3 Å². The van der Waals surface area contributed by atoms with Crippen molar-refractivity contribution < 1.29 is 80.2 Å². The summed E-state index contributed by atoms with van der Waals surface area (Å²) in [6.45, 7) is 9.31. The van der Waals surface area contributed by atoms with Crippen LogP contribution >= 0.6 is 15.6 Å². The minimum absolute atomic E-state index is 0.0841. The molecule has 0 amide bonds. The third-order valence-electron chi connectivity index (χ3n) is 14.3. The molecule has 0 radical (unpaired) electrons. The van der Waals surface area contributed by atoms with Crippen LogP contribution < -0.4 is 0 Å². The molecule has 19 heteroatoms. The van der Waals surface area contributed by atoms with Crippen LogP contribution in [0.3, 0.4) is 0 Å². The fourth-order valence-corrected chi connectivity index (χ4v) is 10.7. The van der Waals surface area contributed by atoms with Gasteiger partial charge >= 0.3 is 39.5 Å². The molecule has 0 spiro atoms. The van der Waals surface area contributed by atoms with E-state index in [2.05, 4.69) is 65.8 Å². The number of hydrogen-bond acceptors (Lipinski definition) is 15. The highest BCUT2D eigenvalue weighted by molar-refractivity contribution is 7.47. The Morgan fingerprint density at radius 2 is 0.643 bits per heavy atom. The normalized spacial score (nSPS) is 14.5. The SMILES string of the molecule is CCCCCC/C=C\C=C/CCCCCCCC(=O)O[C@H](COC(=O)CCCCCCCCCCC(C)C)COP(=O)(O)OC[C@@H](O)COP(=O)(O)OC[C@@H](COC(=O)CCCCCCCCC)OC(=O)CCCCCCCCCCC(C)C. The van der Waals surface area contributed by atoms with Gasteiger partial charge in [-0.2, -0.15) is 0 Å². The summed E-state index contributed by atoms with van der Waals surface area (Å²) >= 11 is 0. The number of unbranched alkanes of at least 4 members (excludes halogenated alkanes) is 29. The van der Waals surface area contributed by atoms with E-state index >= 15 is 0 Å². The highest BCUT2D eigenvalue weighted by atomic mass is 31.2. The number of phosphoric acid groups is 2. The topological polar surface area (TPSA) is 237 Å². The Balaban J connectivity index is 5.26. The molecule has 0 aliphatic carbocycles. The Kier molecular flexibility index (Phi) is 55.3. The van der Waals surface area contributed by atoms with Crippen molar-refractivity contribution in [3.63, 3.8) is 0 Å². The smallest absolute Gasteiger partial charge is 0.462 e. The molecule has 0 heterocycles. The molecule has 0 bridgehead atoms. The Bertz CT molecular complexity index is 1740. The summed E-state index contributed by atoms with van der Waals surface area (Å²) in [5.74, 6) is -0.729. The second-order valence-corrected chi connectivity index (χ2v) is 26.7. The summed E-state index contributed by atoms with van der Waals surface area (Å²) in [7, 11) is -9.90. The number of ether oxygens (including phenoxy) is 4. The van der Waals surface area contributed by atoms with Gasteiger partial charge in [-0.15, -0.1) is 0 Å². The summed E-state index contributed by atoms with van der Waals surface area (Å²) in [5, 5.41) is 10.5. The lowest BCUT2D eigenvalue weighted by Gasteiger charge is -2.21. The standard InChI is InChI=1S/C65H122O17P2/c1-7-9-11-13-15-16-17-18-19-20-21-22-31-37-43-49-64(69)81-61(54-76-63(68)48-42-36-30-25-23-28-33-39-45-57(3)4)56-80-84(73,74)78-52-59(66)51-77-83(71,72)79-55-60(53-75-62(67)47-41-35-27-14-12-10-8-2)82-65(70)50-44-38-32-26-24-29-34-40-46-58(5)6/h16-19,57-61,66H,7-15,20-56H2,1-6H3,(H,71,72)(H,73,74)/b17-16-,19-18-/t59-,60+,61+/m0/s1. The van der Waals surface area contributed by atoms with Gasteiger partial charge in [0.05, 0.1) is 26.4 Å². The van der Waals surface area contributed by atoms with Gasteiger partial charge in [0.25, 0.3) is 0 Å². The average Bonchev–Trinajstić information content (AvgIpc) is 3.45. The molecular weight excluding hydrogens is 1110 g/mol. The quantitative estimate of drug-likeness (QED) is 0.0169. The van der Waals surface area contributed by atoms with E-state index in [1.54, 1.807) is 0 Å². The van der Waals surface area contributed by atoms with Gasteiger partial charge in [-0.1, -0.05) is 246 Å². The molecule has 3 N–H and O–H groups in total. The molecule has 17 nitrogen and oxygen atoms in total. The van der Waals surface area contributed by atoms with Gasteiger partial charge in [0, 0.05) is 25.7 Å². The third-order valence-corrected chi connectivity index (χ3v) is 16.2. The maximum absolute atomic E-state index is 13.0. The zero-order valence-electron chi connectivity index (χ0n) is 53.7. The van der Waals surface area contributed by atoms with E-state index in [1.165, 1.54) is 83.5 Å². The van der Waals surface area contributed by atoms with Crippen LogP contribution in [0.4, 0.5) is 0 Å². The predicted octanol–water partition coefficient (Wildman–Crippen LogP) is 17.6. The number of phosphoric ester groups is 2. The van der Waals surface area contributed by atoms with Gasteiger partial charge in [0.1, 0.15) is 19.3 Å². The fraction of sp³-hybridized carbons (Fsp3) is 0.877. The number of aliphatic hydroxyl groups is 1. The van der Waals surface area contributed by atoms with Crippen molar-refractivity contribution in [2.24, 2.45) is 11.8 Å². The van der Waals surface area contributed by atoms with Crippen molar-refractivity contribution >= 4 is 39.5 Å². The lowest BCUT2D eigenvalue weighted by Crippen LogP contribution is -2.30. The molecule has 0 rings (SSSR count). The molecule has 0 aromatic heterocycles. The van der Waals surface area contributed by atoms with Gasteiger partial charge < -0.3 is 33.8 Å². The lowest BCUT2D eigenvalue weighted by atomic mass is 10.0. The summed E-state index contributed by atoms with van der Waals surface area (Å²) in [4.78, 5) is 72.1. The highest BCUT2D eigenvalue weighted by Crippen LogP contribution is 2.45. The van der Waals surface area contributed by atoms with E-state index in [0.717, 1.165) is 134 Å². The second kappa shape index (κ2) is 57.0. The molecule has 0 saturated heterocycles. The fourth-order valence-electron chi connectivity index (χ4n) is 9.17. The van der Waals surface area contributed by atoms with Crippen molar-refractivity contribution in [3.8, 4) is 0 Å². The first kappa shape index (κ1) is 81.5. The number of aliphatic hydroxyl groups excluding tert-OH is 1. The van der Waals surface area contributed by atoms with Crippen LogP contribution in [-0.4, -0.2) is 96.7 Å². The average molecular weight is 1240 g/mol. The molecule has 0 saturated carbocycles. The largest absolute Gasteiger partial charge is 0.472 e. The van der Waals surface area contributed by atoms with Crippen molar-refractivity contribution in [2.75, 3.05) is 39.6 Å². The van der Waals surface area contributed by atoms with Crippen molar-refractivity contribution in [2.45, 2.75) is 317 Å². The highest BCUT2D eigenvalue weighted by Gasteiger charge is 2.30. The van der Waals surface area contributed by atoms with E-state index in [-0.39, 0.29) is 25.7 Å². The Morgan fingerprint density at radius 1 is 0.369 bits per heavy atom. The second-order valence-electron chi connectivity index (χ2n) is 23.8. The first-order valence-corrected chi connectivity index (χ1v) is 36.3. The van der Waals surface area contributed by atoms with E-state index in [1.807, 2.05) is 0 Å². The minimum atomic E-state index is -4.95. The van der Waals surface area contributed by atoms with E-state index in [0.29, 0.717) is 25.7 Å². The Hall–Kier alpha value is -2.46. The van der Waals surface area contributed by atoms with Gasteiger partial charge in [0.15, 0.2) is 12.2 Å². The molecule has 5 atom stereocenters. The molecule has 0 aliphatic rings. The summed E-state index contributed by atoms with van der Waals surface area (Å²) in [5.41, 5.74) is 0. The van der Waals surface area contributed by atoms with Crippen LogP contribution in [0.15, 0.2) is 24.3 Å². The number of rotatable bonds is 62. The predicted molar refractivity (Wildman–Crippen MR) is 335 cm³/mol. The van der Waals surface area contributed by atoms with Crippen LogP contribution in [0.2, 0.25) is 0 Å². The first-order chi connectivity index (χ1) is 40.4. The lowest BCUT2D eigenvalue weighted by molar-refractivity contribution is -0.161. The minimum Gasteiger partial charge on any atom is -0.462 e. The first-order valence-electron chi connectivity index (χ1n) is 33.3. The van der Waals surface area contributed by atoms with Gasteiger partial charge in [-0.25, -0.2) is 9.13 Å². The molecular formula is C65H122O17P2. The van der Waals surface area contributed by atoms with E-state index in [4.69, 9.17) is 37.0 Å². The monoisotopic (exact) mass is 1240 g/mol. The maximum Gasteiger partial charge on any atom is 0.472 e. The number of allylic oxidation sites excluding steroid dienone is 4. The van der Waals surface area contributed by atoms with Crippen molar-refractivity contribution in [1.82, 2.24) is 0 Å². The van der Waals surface area contributed by atoms with E-state index < -0.39 is 97.5 Å². The van der Waals surface area contributed by atoms with Crippen LogP contribution in [0.25, 0.3) is 0 Å². The van der Waals surface area contributed by atoms with Crippen molar-refractivity contribution in [1.29, 1.82) is 0 Å². The molecule has 494 valence electrons. The molecule has 0 aromatic rings. The van der Waals surface area contributed by atoms with Gasteiger partial charge in [-0.05, 0) is 63.2 Å². The van der Waals surface area contributed by atoms with Crippen LogP contribution in [0, 0.1) is 11.8 Å². The van der Waals surface area contributed by atoms with Crippen LogP contribution in [0.5, 0.6) is 0 Å².